The average Bonchev–Trinajstić information content (AvgIpc) is 3.31. The Labute approximate surface area is 167 Å². The van der Waals surface area contributed by atoms with E-state index in [2.05, 4.69) is 0 Å². The van der Waals surface area contributed by atoms with Crippen molar-refractivity contribution in [3.05, 3.63) is 71.9 Å². The van der Waals surface area contributed by atoms with Crippen LogP contribution in [0.2, 0.25) is 0 Å². The smallest absolute Gasteiger partial charge is 0.232 e. The molecule has 0 saturated carbocycles. The summed E-state index contributed by atoms with van der Waals surface area (Å²) < 4.78 is 7.23. The van der Waals surface area contributed by atoms with Crippen LogP contribution in [-0.4, -0.2) is 28.9 Å². The van der Waals surface area contributed by atoms with E-state index >= 15 is 0 Å². The number of ether oxygens (including phenoxy) is 1. The molecule has 0 atom stereocenters. The van der Waals surface area contributed by atoms with Crippen molar-refractivity contribution in [2.75, 3.05) is 18.6 Å². The van der Waals surface area contributed by atoms with Gasteiger partial charge in [-0.1, -0.05) is 18.2 Å². The molecule has 0 saturated heterocycles. The number of rotatable bonds is 6. The second kappa shape index (κ2) is 7.86. The summed E-state index contributed by atoms with van der Waals surface area (Å²) in [5.74, 6) is 0.893. The molecule has 0 radical (unpaired) electrons. The van der Waals surface area contributed by atoms with Gasteiger partial charge in [0.2, 0.25) is 5.91 Å². The first-order valence-corrected chi connectivity index (χ1v) is 10.0. The second-order valence-electron chi connectivity index (χ2n) is 6.38. The van der Waals surface area contributed by atoms with Gasteiger partial charge in [-0.3, -0.25) is 9.20 Å². The molecule has 6 heteroatoms. The molecule has 0 aliphatic heterocycles. The van der Waals surface area contributed by atoms with Gasteiger partial charge in [-0.05, 0) is 43.3 Å². The molecule has 2 aromatic heterocycles. The highest BCUT2D eigenvalue weighted by atomic mass is 32.1. The van der Waals surface area contributed by atoms with E-state index in [0.29, 0.717) is 13.0 Å². The number of methoxy groups -OCH3 is 1. The van der Waals surface area contributed by atoms with Crippen LogP contribution in [0.1, 0.15) is 12.6 Å². The van der Waals surface area contributed by atoms with Crippen LogP contribution in [0.25, 0.3) is 16.2 Å². The lowest BCUT2D eigenvalue weighted by Crippen LogP contribution is -2.32. The van der Waals surface area contributed by atoms with Crippen molar-refractivity contribution < 1.29 is 9.53 Å². The molecule has 0 spiro atoms. The van der Waals surface area contributed by atoms with Crippen molar-refractivity contribution in [2.45, 2.75) is 13.3 Å². The summed E-state index contributed by atoms with van der Waals surface area (Å²) in [5.41, 5.74) is 3.78. The van der Waals surface area contributed by atoms with Crippen molar-refractivity contribution in [1.82, 2.24) is 9.38 Å². The quantitative estimate of drug-likeness (QED) is 0.480. The van der Waals surface area contributed by atoms with E-state index in [-0.39, 0.29) is 5.91 Å². The van der Waals surface area contributed by atoms with Gasteiger partial charge in [0, 0.05) is 35.1 Å². The van der Waals surface area contributed by atoms with Gasteiger partial charge in [0.25, 0.3) is 0 Å². The Balaban J connectivity index is 1.59. The van der Waals surface area contributed by atoms with Crippen LogP contribution in [-0.2, 0) is 11.2 Å². The lowest BCUT2D eigenvalue weighted by molar-refractivity contribution is -0.118. The number of hydrogen-bond acceptors (Lipinski definition) is 4. The minimum Gasteiger partial charge on any atom is -0.497 e. The molecule has 142 valence electrons. The Bertz CT molecular complexity index is 1080. The Morgan fingerprint density at radius 1 is 1.14 bits per heavy atom. The topological polar surface area (TPSA) is 46.8 Å². The van der Waals surface area contributed by atoms with Crippen molar-refractivity contribution in [3.63, 3.8) is 0 Å². The number of imidazole rings is 1. The molecule has 0 aliphatic carbocycles. The number of aromatic nitrogens is 2. The first-order valence-electron chi connectivity index (χ1n) is 9.15. The van der Waals surface area contributed by atoms with Crippen LogP contribution in [0.5, 0.6) is 5.75 Å². The van der Waals surface area contributed by atoms with Gasteiger partial charge in [0.1, 0.15) is 5.75 Å². The lowest BCUT2D eigenvalue weighted by Gasteiger charge is -2.20. The van der Waals surface area contributed by atoms with E-state index in [9.17, 15) is 4.79 Å². The molecule has 4 rings (SSSR count). The van der Waals surface area contributed by atoms with Gasteiger partial charge < -0.3 is 9.64 Å². The number of anilines is 1. The maximum atomic E-state index is 12.9. The number of hydrogen-bond donors (Lipinski definition) is 0. The van der Waals surface area contributed by atoms with E-state index in [1.807, 2.05) is 82.4 Å². The fourth-order valence-corrected chi connectivity index (χ4v) is 4.09. The molecule has 0 aliphatic rings. The molecule has 28 heavy (non-hydrogen) atoms. The summed E-state index contributed by atoms with van der Waals surface area (Å²) in [6, 6.07) is 17.6. The lowest BCUT2D eigenvalue weighted by atomic mass is 10.1. The van der Waals surface area contributed by atoms with E-state index < -0.39 is 0 Å². The summed E-state index contributed by atoms with van der Waals surface area (Å²) >= 11 is 1.55. The maximum absolute atomic E-state index is 12.9. The number of nitrogens with zero attached hydrogens (tertiary/aromatic N) is 3. The highest BCUT2D eigenvalue weighted by Crippen LogP contribution is 2.26. The fraction of sp³-hybridized carbons (Fsp3) is 0.182. The molecule has 0 unspecified atom stereocenters. The highest BCUT2D eigenvalue weighted by Gasteiger charge is 2.17. The monoisotopic (exact) mass is 391 g/mol. The van der Waals surface area contributed by atoms with Crippen LogP contribution < -0.4 is 9.64 Å². The van der Waals surface area contributed by atoms with Crippen LogP contribution in [0, 0.1) is 0 Å². The Hall–Kier alpha value is -3.12. The molecule has 5 nitrogen and oxygen atoms in total. The molecule has 1 amide bonds. The molecule has 0 N–H and O–H groups in total. The minimum atomic E-state index is 0.0769. The third kappa shape index (κ3) is 3.51. The van der Waals surface area contributed by atoms with Gasteiger partial charge in [-0.2, -0.15) is 0 Å². The number of likely N-dealkylation sites (N-methyl/N-ethyl adjacent to an activating group) is 1. The number of benzene rings is 2. The molecule has 4 aromatic rings. The van der Waals surface area contributed by atoms with Crippen LogP contribution >= 0.6 is 11.3 Å². The van der Waals surface area contributed by atoms with Gasteiger partial charge in [-0.15, -0.1) is 11.3 Å². The predicted octanol–water partition coefficient (Wildman–Crippen LogP) is 4.67. The predicted molar refractivity (Wildman–Crippen MR) is 113 cm³/mol. The molecule has 2 heterocycles. The second-order valence-corrected chi connectivity index (χ2v) is 7.22. The first-order chi connectivity index (χ1) is 13.7. The molecular formula is C22H21N3O2S. The zero-order valence-corrected chi connectivity index (χ0v) is 16.6. The SMILES string of the molecule is CCN(C(=O)Cc1csc2nc(-c3ccc(OC)cc3)cn12)c1ccccc1. The van der Waals surface area contributed by atoms with Crippen LogP contribution in [0.15, 0.2) is 66.2 Å². The van der Waals surface area contributed by atoms with Gasteiger partial charge >= 0.3 is 0 Å². The third-order valence-corrected chi connectivity index (χ3v) is 5.58. The minimum absolute atomic E-state index is 0.0769. The molecule has 2 aromatic carbocycles. The summed E-state index contributed by atoms with van der Waals surface area (Å²) in [6.45, 7) is 2.63. The Kier molecular flexibility index (Phi) is 5.12. The molecule has 0 bridgehead atoms. The Morgan fingerprint density at radius 3 is 2.57 bits per heavy atom. The Morgan fingerprint density at radius 2 is 1.89 bits per heavy atom. The molecular weight excluding hydrogens is 370 g/mol. The highest BCUT2D eigenvalue weighted by molar-refractivity contribution is 7.15. The van der Waals surface area contributed by atoms with Crippen molar-refractivity contribution in [1.29, 1.82) is 0 Å². The van der Waals surface area contributed by atoms with Crippen LogP contribution in [0.4, 0.5) is 5.69 Å². The van der Waals surface area contributed by atoms with Crippen molar-refractivity contribution >= 4 is 27.9 Å². The number of amides is 1. The maximum Gasteiger partial charge on any atom is 0.232 e. The zero-order chi connectivity index (χ0) is 19.5. The van der Waals surface area contributed by atoms with Crippen molar-refractivity contribution in [2.24, 2.45) is 0 Å². The van der Waals surface area contributed by atoms with E-state index in [1.54, 1.807) is 18.4 Å². The number of carbonyl (C=O) groups excluding carboxylic acids is 1. The summed E-state index contributed by atoms with van der Waals surface area (Å²) in [7, 11) is 1.65. The largest absolute Gasteiger partial charge is 0.497 e. The van der Waals surface area contributed by atoms with E-state index in [1.165, 1.54) is 0 Å². The van der Waals surface area contributed by atoms with Gasteiger partial charge in [-0.25, -0.2) is 4.98 Å². The third-order valence-electron chi connectivity index (χ3n) is 4.69. The standard InChI is InChI=1S/C22H21N3O2S/c1-3-24(17-7-5-4-6-8-17)21(26)13-18-15-28-22-23-20(14-25(18)22)16-9-11-19(27-2)12-10-16/h4-12,14-15H,3,13H2,1-2H3. The van der Waals surface area contributed by atoms with E-state index in [0.717, 1.165) is 33.3 Å². The van der Waals surface area contributed by atoms with Gasteiger partial charge in [0.05, 0.1) is 19.2 Å². The van der Waals surface area contributed by atoms with Gasteiger partial charge in [0.15, 0.2) is 4.96 Å². The van der Waals surface area contributed by atoms with Crippen LogP contribution in [0.3, 0.4) is 0 Å². The number of carbonyl (C=O) groups is 1. The van der Waals surface area contributed by atoms with Crippen molar-refractivity contribution in [3.8, 4) is 17.0 Å². The molecule has 0 fully saturated rings. The number of thiazole rings is 1. The number of fused-ring (bicyclic) bond motifs is 1. The number of para-hydroxylation sites is 1. The zero-order valence-electron chi connectivity index (χ0n) is 15.8. The average molecular weight is 391 g/mol. The van der Waals surface area contributed by atoms with E-state index in [4.69, 9.17) is 9.72 Å². The normalized spacial score (nSPS) is 10.9. The summed E-state index contributed by atoms with van der Waals surface area (Å²) in [5, 5.41) is 2.01. The first kappa shape index (κ1) is 18.3. The summed E-state index contributed by atoms with van der Waals surface area (Å²) in [6.07, 6.45) is 2.33. The fourth-order valence-electron chi connectivity index (χ4n) is 3.22. The summed E-state index contributed by atoms with van der Waals surface area (Å²) in [4.78, 5) is 20.3.